The number of amides is 2. The molecule has 126 valence electrons. The Balaban J connectivity index is 1.81. The molecule has 2 amide bonds. The number of hydrogen-bond donors (Lipinski definition) is 1. The molecule has 1 atom stereocenters. The number of likely N-dealkylation sites (N-methyl/N-ethyl adjacent to an activating group) is 1. The van der Waals surface area contributed by atoms with Gasteiger partial charge in [-0.1, -0.05) is 12.1 Å². The zero-order valence-corrected chi connectivity index (χ0v) is 14.3. The van der Waals surface area contributed by atoms with Crippen LogP contribution in [0.5, 0.6) is 0 Å². The van der Waals surface area contributed by atoms with E-state index < -0.39 is 0 Å². The fourth-order valence-electron chi connectivity index (χ4n) is 2.83. The maximum absolute atomic E-state index is 12.1. The summed E-state index contributed by atoms with van der Waals surface area (Å²) in [5.41, 5.74) is 2.07. The molecule has 1 aliphatic heterocycles. The Morgan fingerprint density at radius 1 is 1.30 bits per heavy atom. The summed E-state index contributed by atoms with van der Waals surface area (Å²) >= 11 is 0. The fourth-order valence-corrected chi connectivity index (χ4v) is 2.83. The average molecular weight is 317 g/mol. The Bertz CT molecular complexity index is 540. The first-order valence-corrected chi connectivity index (χ1v) is 8.28. The monoisotopic (exact) mass is 317 g/mol. The van der Waals surface area contributed by atoms with Crippen molar-refractivity contribution in [2.75, 3.05) is 32.5 Å². The molecule has 1 saturated heterocycles. The second-order valence-corrected chi connectivity index (χ2v) is 6.54. The van der Waals surface area contributed by atoms with Crippen LogP contribution in [0.25, 0.3) is 0 Å². The lowest BCUT2D eigenvalue weighted by Crippen LogP contribution is -2.36. The summed E-state index contributed by atoms with van der Waals surface area (Å²) in [5, 5.41) is 2.92. The molecule has 5 heteroatoms. The molecule has 1 N–H and O–H groups in total. The number of carbonyl (C=O) groups excluding carboxylic acids is 2. The smallest absolute Gasteiger partial charge is 0.226 e. The highest BCUT2D eigenvalue weighted by Gasteiger charge is 2.26. The maximum Gasteiger partial charge on any atom is 0.226 e. The minimum absolute atomic E-state index is 0.0376. The Morgan fingerprint density at radius 2 is 2.00 bits per heavy atom. The molecule has 0 radical (unpaired) electrons. The van der Waals surface area contributed by atoms with E-state index in [9.17, 15) is 9.59 Å². The molecule has 0 saturated carbocycles. The Kier molecular flexibility index (Phi) is 6.16. The molecule has 2 rings (SSSR count). The van der Waals surface area contributed by atoms with Gasteiger partial charge in [-0.05, 0) is 51.6 Å². The molecule has 1 aromatic rings. The highest BCUT2D eigenvalue weighted by atomic mass is 16.2. The van der Waals surface area contributed by atoms with Crippen LogP contribution in [0.2, 0.25) is 0 Å². The number of rotatable bonds is 7. The highest BCUT2D eigenvalue weighted by molar-refractivity contribution is 5.91. The van der Waals surface area contributed by atoms with E-state index in [-0.39, 0.29) is 17.9 Å². The molecule has 5 nitrogen and oxygen atoms in total. The Morgan fingerprint density at radius 3 is 2.57 bits per heavy atom. The van der Waals surface area contributed by atoms with Gasteiger partial charge in [0.1, 0.15) is 0 Å². The minimum atomic E-state index is -0.0433. The minimum Gasteiger partial charge on any atom is -0.339 e. The van der Waals surface area contributed by atoms with Crippen LogP contribution in [-0.2, 0) is 16.0 Å². The topological polar surface area (TPSA) is 52.7 Å². The van der Waals surface area contributed by atoms with Crippen LogP contribution in [0, 0.1) is 0 Å². The van der Waals surface area contributed by atoms with Crippen molar-refractivity contribution in [2.45, 2.75) is 38.6 Å². The average Bonchev–Trinajstić information content (AvgIpc) is 2.92. The molecule has 0 aromatic heterocycles. The van der Waals surface area contributed by atoms with Gasteiger partial charge in [0.15, 0.2) is 0 Å². The van der Waals surface area contributed by atoms with Crippen molar-refractivity contribution in [2.24, 2.45) is 0 Å². The van der Waals surface area contributed by atoms with Gasteiger partial charge < -0.3 is 15.1 Å². The van der Waals surface area contributed by atoms with E-state index in [1.54, 1.807) is 0 Å². The van der Waals surface area contributed by atoms with Crippen LogP contribution < -0.4 is 5.32 Å². The van der Waals surface area contributed by atoms with Gasteiger partial charge in [-0.2, -0.15) is 0 Å². The van der Waals surface area contributed by atoms with E-state index in [4.69, 9.17) is 0 Å². The number of benzene rings is 1. The van der Waals surface area contributed by atoms with Gasteiger partial charge in [-0.15, -0.1) is 0 Å². The van der Waals surface area contributed by atoms with E-state index in [1.165, 1.54) is 5.56 Å². The lowest BCUT2D eigenvalue weighted by atomic mass is 10.1. The molecule has 1 aromatic carbocycles. The zero-order chi connectivity index (χ0) is 16.8. The standard InChI is InChI=1S/C18H27N3O2/c1-14(21-11-4-5-18(21)23)13-17(22)19-16-8-6-15(7-9-16)10-12-20(2)3/h6-9,14H,4-5,10-13H2,1-3H3,(H,19,22). The third kappa shape index (κ3) is 5.36. The maximum atomic E-state index is 12.1. The second kappa shape index (κ2) is 8.11. The molecule has 0 aliphatic carbocycles. The van der Waals surface area contributed by atoms with Gasteiger partial charge in [0.05, 0.1) is 0 Å². The normalized spacial score (nSPS) is 16.0. The van der Waals surface area contributed by atoms with Gasteiger partial charge in [0.2, 0.25) is 11.8 Å². The van der Waals surface area contributed by atoms with Gasteiger partial charge >= 0.3 is 0 Å². The first kappa shape index (κ1) is 17.5. The molecule has 23 heavy (non-hydrogen) atoms. The highest BCUT2D eigenvalue weighted by Crippen LogP contribution is 2.16. The van der Waals surface area contributed by atoms with E-state index in [0.717, 1.165) is 31.6 Å². The van der Waals surface area contributed by atoms with Crippen LogP contribution in [-0.4, -0.2) is 54.8 Å². The summed E-state index contributed by atoms with van der Waals surface area (Å²) in [6.45, 7) is 3.72. The predicted molar refractivity (Wildman–Crippen MR) is 92.4 cm³/mol. The number of hydrogen-bond acceptors (Lipinski definition) is 3. The quantitative estimate of drug-likeness (QED) is 0.838. The first-order chi connectivity index (χ1) is 11.0. The van der Waals surface area contributed by atoms with Gasteiger partial charge in [0, 0.05) is 37.7 Å². The third-order valence-corrected chi connectivity index (χ3v) is 4.21. The van der Waals surface area contributed by atoms with Crippen LogP contribution in [0.15, 0.2) is 24.3 Å². The SMILES string of the molecule is CC(CC(=O)Nc1ccc(CCN(C)C)cc1)N1CCCC1=O. The van der Waals surface area contributed by atoms with E-state index in [1.807, 2.05) is 36.1 Å². The van der Waals surface area contributed by atoms with Gasteiger partial charge in [0.25, 0.3) is 0 Å². The Hall–Kier alpha value is -1.88. The zero-order valence-electron chi connectivity index (χ0n) is 14.3. The van der Waals surface area contributed by atoms with Crippen molar-refractivity contribution < 1.29 is 9.59 Å². The van der Waals surface area contributed by atoms with Crippen LogP contribution in [0.4, 0.5) is 5.69 Å². The molecule has 1 aliphatic rings. The number of nitrogens with zero attached hydrogens (tertiary/aromatic N) is 2. The van der Waals surface area contributed by atoms with Crippen LogP contribution >= 0.6 is 0 Å². The molecular formula is C18H27N3O2. The van der Waals surface area contributed by atoms with Crippen LogP contribution in [0.1, 0.15) is 31.7 Å². The lowest BCUT2D eigenvalue weighted by Gasteiger charge is -2.23. The predicted octanol–water partition coefficient (Wildman–Crippen LogP) is 2.13. The Labute approximate surface area is 138 Å². The van der Waals surface area contributed by atoms with Crippen molar-refractivity contribution in [1.82, 2.24) is 9.80 Å². The molecular weight excluding hydrogens is 290 g/mol. The van der Waals surface area contributed by atoms with Crippen molar-refractivity contribution in [3.05, 3.63) is 29.8 Å². The summed E-state index contributed by atoms with van der Waals surface area (Å²) in [6, 6.07) is 7.94. The summed E-state index contributed by atoms with van der Waals surface area (Å²) in [7, 11) is 4.11. The van der Waals surface area contributed by atoms with Crippen molar-refractivity contribution in [3.8, 4) is 0 Å². The van der Waals surface area contributed by atoms with Gasteiger partial charge in [-0.25, -0.2) is 0 Å². The summed E-state index contributed by atoms with van der Waals surface area (Å²) in [4.78, 5) is 27.8. The van der Waals surface area contributed by atoms with E-state index >= 15 is 0 Å². The number of carbonyl (C=O) groups is 2. The molecule has 1 fully saturated rings. The number of anilines is 1. The van der Waals surface area contributed by atoms with E-state index in [2.05, 4.69) is 24.3 Å². The second-order valence-electron chi connectivity index (χ2n) is 6.54. The first-order valence-electron chi connectivity index (χ1n) is 8.28. The van der Waals surface area contributed by atoms with Gasteiger partial charge in [-0.3, -0.25) is 9.59 Å². The molecule has 1 heterocycles. The number of nitrogens with one attached hydrogen (secondary N) is 1. The summed E-state index contributed by atoms with van der Waals surface area (Å²) in [5.74, 6) is 0.119. The van der Waals surface area contributed by atoms with Crippen molar-refractivity contribution >= 4 is 17.5 Å². The number of likely N-dealkylation sites (tertiary alicyclic amines) is 1. The summed E-state index contributed by atoms with van der Waals surface area (Å²) in [6.07, 6.45) is 2.85. The van der Waals surface area contributed by atoms with Crippen molar-refractivity contribution in [1.29, 1.82) is 0 Å². The molecule has 0 bridgehead atoms. The largest absolute Gasteiger partial charge is 0.339 e. The molecule has 1 unspecified atom stereocenters. The van der Waals surface area contributed by atoms with E-state index in [0.29, 0.717) is 12.8 Å². The third-order valence-electron chi connectivity index (χ3n) is 4.21. The fraction of sp³-hybridized carbons (Fsp3) is 0.556. The molecule has 0 spiro atoms. The lowest BCUT2D eigenvalue weighted by molar-refractivity contribution is -0.130. The van der Waals surface area contributed by atoms with Crippen LogP contribution in [0.3, 0.4) is 0 Å². The summed E-state index contributed by atoms with van der Waals surface area (Å²) < 4.78 is 0. The van der Waals surface area contributed by atoms with Crippen molar-refractivity contribution in [3.63, 3.8) is 0 Å².